The normalized spacial score (nSPS) is 26.8. The van der Waals surface area contributed by atoms with Crippen LogP contribution in [0.1, 0.15) is 59.2 Å². The van der Waals surface area contributed by atoms with Crippen molar-refractivity contribution < 1.29 is 0 Å². The summed E-state index contributed by atoms with van der Waals surface area (Å²) in [7, 11) is 0. The van der Waals surface area contributed by atoms with Crippen LogP contribution in [0.2, 0.25) is 0 Å². The average Bonchev–Trinajstić information content (AvgIpc) is 2.69. The van der Waals surface area contributed by atoms with Gasteiger partial charge in [-0.05, 0) is 24.2 Å². The minimum atomic E-state index is -0.146. The lowest BCUT2D eigenvalue weighted by atomic mass is 9.62. The standard InChI is InChI=1S/C15H28N4/c1-12(2)10-19-13(17-11-18-19)9-15(16)8-6-5-7-14(15,3)4/h11-12H,5-10,16H2,1-4H3. The van der Waals surface area contributed by atoms with Gasteiger partial charge in [0.2, 0.25) is 0 Å². The lowest BCUT2D eigenvalue weighted by Gasteiger charge is -2.47. The first-order valence-corrected chi connectivity index (χ1v) is 7.50. The largest absolute Gasteiger partial charge is 0.324 e. The molecule has 0 bridgehead atoms. The fourth-order valence-corrected chi connectivity index (χ4v) is 3.13. The molecule has 4 heteroatoms. The van der Waals surface area contributed by atoms with E-state index in [0.29, 0.717) is 5.92 Å². The van der Waals surface area contributed by atoms with Crippen molar-refractivity contribution in [2.75, 3.05) is 0 Å². The second kappa shape index (κ2) is 5.23. The Morgan fingerprint density at radius 2 is 2.00 bits per heavy atom. The maximum atomic E-state index is 6.75. The summed E-state index contributed by atoms with van der Waals surface area (Å²) in [5.74, 6) is 1.62. The summed E-state index contributed by atoms with van der Waals surface area (Å²) in [4.78, 5) is 4.45. The molecule has 19 heavy (non-hydrogen) atoms. The molecule has 2 rings (SSSR count). The van der Waals surface area contributed by atoms with Gasteiger partial charge in [0.25, 0.3) is 0 Å². The van der Waals surface area contributed by atoms with Crippen LogP contribution >= 0.6 is 0 Å². The lowest BCUT2D eigenvalue weighted by Crippen LogP contribution is -2.56. The van der Waals surface area contributed by atoms with Crippen LogP contribution in [0.3, 0.4) is 0 Å². The number of nitrogens with two attached hydrogens (primary N) is 1. The molecule has 108 valence electrons. The number of nitrogens with zero attached hydrogens (tertiary/aromatic N) is 3. The maximum absolute atomic E-state index is 6.75. The third kappa shape index (κ3) is 2.99. The summed E-state index contributed by atoms with van der Waals surface area (Å²) in [5, 5.41) is 4.35. The zero-order valence-electron chi connectivity index (χ0n) is 12.8. The molecule has 1 unspecified atom stereocenters. The van der Waals surface area contributed by atoms with Crippen molar-refractivity contribution in [2.24, 2.45) is 17.1 Å². The van der Waals surface area contributed by atoms with Crippen molar-refractivity contribution in [3.05, 3.63) is 12.2 Å². The van der Waals surface area contributed by atoms with Gasteiger partial charge in [0.1, 0.15) is 12.2 Å². The highest BCUT2D eigenvalue weighted by Crippen LogP contribution is 2.43. The first-order chi connectivity index (χ1) is 8.84. The van der Waals surface area contributed by atoms with Crippen LogP contribution in [0.4, 0.5) is 0 Å². The second-order valence-electron chi connectivity index (χ2n) is 7.18. The van der Waals surface area contributed by atoms with Crippen LogP contribution in [0.15, 0.2) is 6.33 Å². The highest BCUT2D eigenvalue weighted by molar-refractivity contribution is 5.06. The molecular weight excluding hydrogens is 236 g/mol. The van der Waals surface area contributed by atoms with E-state index in [4.69, 9.17) is 5.73 Å². The summed E-state index contributed by atoms with van der Waals surface area (Å²) in [5.41, 5.74) is 6.78. The van der Waals surface area contributed by atoms with Crippen molar-refractivity contribution in [3.8, 4) is 0 Å². The number of rotatable bonds is 4. The molecule has 2 N–H and O–H groups in total. The topological polar surface area (TPSA) is 56.7 Å². The van der Waals surface area contributed by atoms with Gasteiger partial charge in [0.15, 0.2) is 0 Å². The Morgan fingerprint density at radius 1 is 1.32 bits per heavy atom. The zero-order valence-corrected chi connectivity index (χ0v) is 12.8. The van der Waals surface area contributed by atoms with E-state index in [0.717, 1.165) is 25.2 Å². The van der Waals surface area contributed by atoms with E-state index in [1.807, 2.05) is 4.68 Å². The van der Waals surface area contributed by atoms with Crippen LogP contribution in [0.25, 0.3) is 0 Å². The van der Waals surface area contributed by atoms with Gasteiger partial charge in [-0.1, -0.05) is 40.5 Å². The minimum Gasteiger partial charge on any atom is -0.324 e. The van der Waals surface area contributed by atoms with Gasteiger partial charge in [-0.2, -0.15) is 5.10 Å². The maximum Gasteiger partial charge on any atom is 0.138 e. The molecule has 0 aromatic carbocycles. The predicted octanol–water partition coefficient (Wildman–Crippen LogP) is 2.77. The van der Waals surface area contributed by atoms with Crippen LogP contribution in [-0.4, -0.2) is 20.3 Å². The summed E-state index contributed by atoms with van der Waals surface area (Å²) < 4.78 is 2.03. The van der Waals surface area contributed by atoms with Crippen molar-refractivity contribution in [2.45, 2.75) is 71.9 Å². The monoisotopic (exact) mass is 264 g/mol. The quantitative estimate of drug-likeness (QED) is 0.909. The first kappa shape index (κ1) is 14.5. The van der Waals surface area contributed by atoms with Crippen LogP contribution < -0.4 is 5.73 Å². The average molecular weight is 264 g/mol. The summed E-state index contributed by atoms with van der Waals surface area (Å²) >= 11 is 0. The van der Waals surface area contributed by atoms with Crippen LogP contribution in [-0.2, 0) is 13.0 Å². The third-order valence-electron chi connectivity index (χ3n) is 4.73. The SMILES string of the molecule is CC(C)Cn1ncnc1CC1(N)CCCCC1(C)C. The number of hydrogen-bond acceptors (Lipinski definition) is 3. The van der Waals surface area contributed by atoms with Gasteiger partial charge in [0.05, 0.1) is 0 Å². The lowest BCUT2D eigenvalue weighted by molar-refractivity contribution is 0.0958. The van der Waals surface area contributed by atoms with Crippen LogP contribution in [0, 0.1) is 11.3 Å². The van der Waals surface area contributed by atoms with Gasteiger partial charge in [-0.25, -0.2) is 9.67 Å². The molecule has 0 aliphatic heterocycles. The smallest absolute Gasteiger partial charge is 0.138 e. The van der Waals surface area contributed by atoms with E-state index < -0.39 is 0 Å². The van der Waals surface area contributed by atoms with E-state index in [-0.39, 0.29) is 11.0 Å². The third-order valence-corrected chi connectivity index (χ3v) is 4.73. The predicted molar refractivity (Wildman–Crippen MR) is 77.7 cm³/mol. The molecular formula is C15H28N4. The van der Waals surface area contributed by atoms with Crippen molar-refractivity contribution in [1.29, 1.82) is 0 Å². The minimum absolute atomic E-state index is 0.146. The van der Waals surface area contributed by atoms with E-state index >= 15 is 0 Å². The van der Waals surface area contributed by atoms with E-state index in [9.17, 15) is 0 Å². The Morgan fingerprint density at radius 3 is 2.63 bits per heavy atom. The fraction of sp³-hybridized carbons (Fsp3) is 0.867. The molecule has 1 aromatic heterocycles. The zero-order chi connectivity index (χ0) is 14.1. The van der Waals surface area contributed by atoms with E-state index in [2.05, 4.69) is 37.8 Å². The first-order valence-electron chi connectivity index (χ1n) is 7.50. The van der Waals surface area contributed by atoms with Gasteiger partial charge in [-0.3, -0.25) is 0 Å². The summed E-state index contributed by atoms with van der Waals surface area (Å²) in [6.07, 6.45) is 7.34. The summed E-state index contributed by atoms with van der Waals surface area (Å²) in [6.45, 7) is 9.93. The molecule has 1 aliphatic rings. The van der Waals surface area contributed by atoms with Gasteiger partial charge in [0, 0.05) is 18.5 Å². The Labute approximate surface area is 116 Å². The molecule has 0 spiro atoms. The Bertz CT molecular complexity index is 422. The summed E-state index contributed by atoms with van der Waals surface area (Å²) in [6, 6.07) is 0. The number of hydrogen-bond donors (Lipinski definition) is 1. The number of aromatic nitrogens is 3. The Hall–Kier alpha value is -0.900. The molecule has 1 heterocycles. The molecule has 4 nitrogen and oxygen atoms in total. The second-order valence-corrected chi connectivity index (χ2v) is 7.18. The molecule has 1 atom stereocenters. The highest BCUT2D eigenvalue weighted by atomic mass is 15.3. The Kier molecular flexibility index (Phi) is 4.00. The Balaban J connectivity index is 2.18. The molecule has 0 radical (unpaired) electrons. The fourth-order valence-electron chi connectivity index (χ4n) is 3.13. The molecule has 1 aliphatic carbocycles. The van der Waals surface area contributed by atoms with E-state index in [1.165, 1.54) is 19.3 Å². The van der Waals surface area contributed by atoms with Crippen molar-refractivity contribution in [3.63, 3.8) is 0 Å². The molecule has 1 saturated carbocycles. The van der Waals surface area contributed by atoms with Crippen molar-refractivity contribution in [1.82, 2.24) is 14.8 Å². The van der Waals surface area contributed by atoms with Crippen molar-refractivity contribution >= 4 is 0 Å². The van der Waals surface area contributed by atoms with Gasteiger partial charge < -0.3 is 5.73 Å². The molecule has 1 fully saturated rings. The van der Waals surface area contributed by atoms with Gasteiger partial charge >= 0.3 is 0 Å². The molecule has 0 amide bonds. The highest BCUT2D eigenvalue weighted by Gasteiger charge is 2.44. The van der Waals surface area contributed by atoms with E-state index in [1.54, 1.807) is 6.33 Å². The van der Waals surface area contributed by atoms with Crippen LogP contribution in [0.5, 0.6) is 0 Å². The molecule has 1 aromatic rings. The molecule has 0 saturated heterocycles. The van der Waals surface area contributed by atoms with Gasteiger partial charge in [-0.15, -0.1) is 0 Å².